The molecule has 3 heteroatoms. The van der Waals surface area contributed by atoms with Crippen molar-refractivity contribution in [3.63, 3.8) is 0 Å². The normalized spacial score (nSPS) is 28.1. The van der Waals surface area contributed by atoms with E-state index in [9.17, 15) is 0 Å². The molecule has 1 unspecified atom stereocenters. The summed E-state index contributed by atoms with van der Waals surface area (Å²) in [5.41, 5.74) is 0. The Morgan fingerprint density at radius 1 is 1.31 bits per heavy atom. The molecule has 0 aromatic rings. The van der Waals surface area contributed by atoms with Crippen LogP contribution in [0.2, 0.25) is 0 Å². The molecule has 0 radical (unpaired) electrons. The van der Waals surface area contributed by atoms with Crippen molar-refractivity contribution in [3.05, 3.63) is 0 Å². The summed E-state index contributed by atoms with van der Waals surface area (Å²) in [7, 11) is 0. The third-order valence-corrected chi connectivity index (χ3v) is 4.00. The Bertz CT molecular complexity index is 236. The summed E-state index contributed by atoms with van der Waals surface area (Å²) < 4.78 is 5.50. The van der Waals surface area contributed by atoms with Gasteiger partial charge in [0.25, 0.3) is 0 Å². The van der Waals surface area contributed by atoms with Crippen LogP contribution in [0.25, 0.3) is 0 Å². The third kappa shape index (κ3) is 2.57. The molecule has 1 saturated carbocycles. The van der Waals surface area contributed by atoms with Gasteiger partial charge < -0.3 is 9.64 Å². The highest BCUT2D eigenvalue weighted by Crippen LogP contribution is 2.27. The van der Waals surface area contributed by atoms with Crippen LogP contribution in [0.4, 0.5) is 0 Å². The minimum absolute atomic E-state index is 0.447. The van der Waals surface area contributed by atoms with Crippen LogP contribution in [-0.4, -0.2) is 36.5 Å². The van der Waals surface area contributed by atoms with Gasteiger partial charge in [-0.1, -0.05) is 26.2 Å². The van der Waals surface area contributed by atoms with Crippen LogP contribution >= 0.6 is 0 Å². The van der Waals surface area contributed by atoms with E-state index in [1.807, 2.05) is 0 Å². The van der Waals surface area contributed by atoms with E-state index >= 15 is 0 Å². The maximum Gasteiger partial charge on any atom is 0.0993 e. The lowest BCUT2D eigenvalue weighted by Crippen LogP contribution is -2.50. The lowest BCUT2D eigenvalue weighted by Gasteiger charge is -2.40. The largest absolute Gasteiger partial charge is 0.377 e. The number of nitrogens with zero attached hydrogens (tertiary/aromatic N) is 1. The van der Waals surface area contributed by atoms with E-state index in [-0.39, 0.29) is 0 Å². The van der Waals surface area contributed by atoms with Crippen LogP contribution in [0.1, 0.15) is 45.4 Å². The first kappa shape index (κ1) is 11.9. The maximum atomic E-state index is 8.38. The average Bonchev–Trinajstić information content (AvgIpc) is 2.39. The van der Waals surface area contributed by atoms with Gasteiger partial charge in [0, 0.05) is 12.5 Å². The Labute approximate surface area is 98.7 Å². The summed E-state index contributed by atoms with van der Waals surface area (Å²) in [6.45, 7) is 4.73. The summed E-state index contributed by atoms with van der Waals surface area (Å²) in [5.74, 6) is 1.43. The summed E-state index contributed by atoms with van der Waals surface area (Å²) >= 11 is 0. The minimum atomic E-state index is 0.447. The standard InChI is InChI=1S/C13H24N2O/c1-2-12-10-16-9-8-15(12)13(14)11-6-4-3-5-7-11/h11-12,14H,2-10H2,1H3. The van der Waals surface area contributed by atoms with Crippen molar-refractivity contribution in [2.75, 3.05) is 19.8 Å². The molecular formula is C13H24N2O. The zero-order valence-electron chi connectivity index (χ0n) is 10.4. The minimum Gasteiger partial charge on any atom is -0.377 e. The Morgan fingerprint density at radius 3 is 2.75 bits per heavy atom. The van der Waals surface area contributed by atoms with Crippen LogP contribution in [-0.2, 0) is 4.74 Å². The van der Waals surface area contributed by atoms with E-state index in [0.717, 1.165) is 32.0 Å². The molecule has 2 fully saturated rings. The zero-order valence-corrected chi connectivity index (χ0v) is 10.4. The van der Waals surface area contributed by atoms with Gasteiger partial charge in [0.2, 0.25) is 0 Å². The quantitative estimate of drug-likeness (QED) is 0.578. The van der Waals surface area contributed by atoms with E-state index < -0.39 is 0 Å². The predicted octanol–water partition coefficient (Wildman–Crippen LogP) is 2.65. The molecular weight excluding hydrogens is 200 g/mol. The van der Waals surface area contributed by atoms with Gasteiger partial charge in [0.1, 0.15) is 0 Å². The summed E-state index contributed by atoms with van der Waals surface area (Å²) in [6.07, 6.45) is 7.54. The number of ether oxygens (including phenoxy) is 1. The number of hydrogen-bond acceptors (Lipinski definition) is 2. The SMILES string of the molecule is CCC1COCCN1C(=N)C1CCCCC1. The lowest BCUT2D eigenvalue weighted by atomic mass is 9.87. The van der Waals surface area contributed by atoms with Crippen molar-refractivity contribution in [2.45, 2.75) is 51.5 Å². The molecule has 0 amide bonds. The molecule has 2 aliphatic rings. The van der Waals surface area contributed by atoms with Gasteiger partial charge in [0.05, 0.1) is 25.1 Å². The van der Waals surface area contributed by atoms with Crippen molar-refractivity contribution < 1.29 is 4.74 Å². The molecule has 92 valence electrons. The summed E-state index contributed by atoms with van der Waals surface area (Å²) in [6, 6.07) is 0.447. The van der Waals surface area contributed by atoms with E-state index in [1.165, 1.54) is 32.1 Å². The topological polar surface area (TPSA) is 36.3 Å². The molecule has 1 atom stereocenters. The molecule has 2 rings (SSSR count). The number of morpholine rings is 1. The second-order valence-electron chi connectivity index (χ2n) is 5.05. The first-order valence-electron chi connectivity index (χ1n) is 6.75. The van der Waals surface area contributed by atoms with Gasteiger partial charge in [-0.05, 0) is 19.3 Å². The fourth-order valence-corrected chi connectivity index (χ4v) is 2.92. The smallest absolute Gasteiger partial charge is 0.0993 e. The molecule has 1 saturated heterocycles. The predicted molar refractivity (Wildman–Crippen MR) is 65.9 cm³/mol. The van der Waals surface area contributed by atoms with E-state index in [1.54, 1.807) is 0 Å². The van der Waals surface area contributed by atoms with Crippen LogP contribution in [0.3, 0.4) is 0 Å². The monoisotopic (exact) mass is 224 g/mol. The van der Waals surface area contributed by atoms with Crippen LogP contribution < -0.4 is 0 Å². The fourth-order valence-electron chi connectivity index (χ4n) is 2.92. The molecule has 1 N–H and O–H groups in total. The first-order valence-corrected chi connectivity index (χ1v) is 6.75. The molecule has 16 heavy (non-hydrogen) atoms. The van der Waals surface area contributed by atoms with Gasteiger partial charge in [-0.25, -0.2) is 0 Å². The third-order valence-electron chi connectivity index (χ3n) is 4.00. The van der Waals surface area contributed by atoms with Gasteiger partial charge >= 0.3 is 0 Å². The van der Waals surface area contributed by atoms with Crippen LogP contribution in [0.15, 0.2) is 0 Å². The molecule has 1 heterocycles. The van der Waals surface area contributed by atoms with Crippen molar-refractivity contribution in [3.8, 4) is 0 Å². The van der Waals surface area contributed by atoms with E-state index in [4.69, 9.17) is 10.1 Å². The summed E-state index contributed by atoms with van der Waals surface area (Å²) in [4.78, 5) is 2.31. The van der Waals surface area contributed by atoms with E-state index in [2.05, 4.69) is 11.8 Å². The second kappa shape index (κ2) is 5.67. The van der Waals surface area contributed by atoms with Crippen LogP contribution in [0.5, 0.6) is 0 Å². The highest BCUT2D eigenvalue weighted by atomic mass is 16.5. The highest BCUT2D eigenvalue weighted by molar-refractivity contribution is 5.82. The second-order valence-corrected chi connectivity index (χ2v) is 5.05. The number of rotatable bonds is 2. The number of amidine groups is 1. The molecule has 1 aliphatic carbocycles. The van der Waals surface area contributed by atoms with Crippen molar-refractivity contribution in [2.24, 2.45) is 5.92 Å². The van der Waals surface area contributed by atoms with E-state index in [0.29, 0.717) is 12.0 Å². The van der Waals surface area contributed by atoms with Gasteiger partial charge in [0.15, 0.2) is 0 Å². The average molecular weight is 224 g/mol. The van der Waals surface area contributed by atoms with Gasteiger partial charge in [-0.15, -0.1) is 0 Å². The molecule has 0 spiro atoms. The lowest BCUT2D eigenvalue weighted by molar-refractivity contribution is 0.0219. The molecule has 0 bridgehead atoms. The van der Waals surface area contributed by atoms with Gasteiger partial charge in [-0.3, -0.25) is 5.41 Å². The summed E-state index contributed by atoms with van der Waals surface area (Å²) in [5, 5.41) is 8.38. The molecule has 0 aromatic heterocycles. The molecule has 1 aliphatic heterocycles. The zero-order chi connectivity index (χ0) is 11.4. The Morgan fingerprint density at radius 2 is 2.06 bits per heavy atom. The molecule has 3 nitrogen and oxygen atoms in total. The highest BCUT2D eigenvalue weighted by Gasteiger charge is 2.28. The fraction of sp³-hybridized carbons (Fsp3) is 0.923. The van der Waals surface area contributed by atoms with Crippen molar-refractivity contribution in [1.29, 1.82) is 5.41 Å². The van der Waals surface area contributed by atoms with Crippen LogP contribution in [0, 0.1) is 11.3 Å². The van der Waals surface area contributed by atoms with Gasteiger partial charge in [-0.2, -0.15) is 0 Å². The Kier molecular flexibility index (Phi) is 4.22. The van der Waals surface area contributed by atoms with Crippen molar-refractivity contribution >= 4 is 5.84 Å². The number of hydrogen-bond donors (Lipinski definition) is 1. The number of nitrogens with one attached hydrogen (secondary N) is 1. The molecule has 0 aromatic carbocycles. The maximum absolute atomic E-state index is 8.38. The first-order chi connectivity index (χ1) is 7.83. The van der Waals surface area contributed by atoms with Crippen molar-refractivity contribution in [1.82, 2.24) is 4.90 Å². The Hall–Kier alpha value is -0.570. The Balaban J connectivity index is 1.95.